The predicted molar refractivity (Wildman–Crippen MR) is 213 cm³/mol. The lowest BCUT2D eigenvalue weighted by atomic mass is 9.94. The lowest BCUT2D eigenvalue weighted by Crippen LogP contribution is -2.00. The van der Waals surface area contributed by atoms with Crippen molar-refractivity contribution in [2.75, 3.05) is 0 Å². The van der Waals surface area contributed by atoms with Crippen LogP contribution in [0.2, 0.25) is 0 Å². The summed E-state index contributed by atoms with van der Waals surface area (Å²) in [6.45, 7) is 0. The molecule has 0 saturated heterocycles. The van der Waals surface area contributed by atoms with Gasteiger partial charge in [0, 0.05) is 57.0 Å². The first-order chi connectivity index (χ1) is 24.8. The summed E-state index contributed by atoms with van der Waals surface area (Å²) in [7, 11) is 0. The number of rotatable bonds is 5. The fraction of sp³-hybridized carbons (Fsp3) is 0. The van der Waals surface area contributed by atoms with Crippen molar-refractivity contribution in [3.05, 3.63) is 164 Å². The maximum absolute atomic E-state index is 5.18. The van der Waals surface area contributed by atoms with Crippen LogP contribution in [0, 0.1) is 0 Å². The van der Waals surface area contributed by atoms with Crippen LogP contribution in [0.3, 0.4) is 0 Å². The third kappa shape index (κ3) is 4.90. The second kappa shape index (κ2) is 11.8. The van der Waals surface area contributed by atoms with Crippen molar-refractivity contribution in [1.29, 1.82) is 0 Å². The SMILES string of the molecule is c1ccc(-c2nc(-c3ccc4c(c3)sc3ccc(-c5ccccc5-c5ccccc5)cc34)nc(-c3cccc4sc5ccccc5c34)n2)cc1. The number of nitrogens with zero attached hydrogens (tertiary/aromatic N) is 3. The lowest BCUT2D eigenvalue weighted by Gasteiger charge is -2.10. The van der Waals surface area contributed by atoms with Gasteiger partial charge in [0.25, 0.3) is 0 Å². The van der Waals surface area contributed by atoms with Crippen LogP contribution >= 0.6 is 22.7 Å². The number of aromatic nitrogens is 3. The Labute approximate surface area is 296 Å². The van der Waals surface area contributed by atoms with E-state index in [2.05, 4.69) is 146 Å². The first kappa shape index (κ1) is 29.0. The van der Waals surface area contributed by atoms with Crippen molar-refractivity contribution in [1.82, 2.24) is 15.0 Å². The van der Waals surface area contributed by atoms with Gasteiger partial charge in [-0.1, -0.05) is 133 Å². The van der Waals surface area contributed by atoms with Crippen LogP contribution in [-0.4, -0.2) is 15.0 Å². The molecule has 0 atom stereocenters. The first-order valence-electron chi connectivity index (χ1n) is 16.6. The Morgan fingerprint density at radius 2 is 0.880 bits per heavy atom. The van der Waals surface area contributed by atoms with Gasteiger partial charge in [0.05, 0.1) is 0 Å². The molecule has 0 aliphatic rings. The minimum Gasteiger partial charge on any atom is -0.208 e. The molecule has 5 heteroatoms. The third-order valence-corrected chi connectivity index (χ3v) is 11.6. The summed E-state index contributed by atoms with van der Waals surface area (Å²) in [6, 6.07) is 58.0. The molecule has 3 nitrogen and oxygen atoms in total. The monoisotopic (exact) mass is 673 g/mol. The minimum atomic E-state index is 0.667. The largest absolute Gasteiger partial charge is 0.208 e. The Hall–Kier alpha value is -6.01. The van der Waals surface area contributed by atoms with E-state index in [1.165, 1.54) is 62.6 Å². The van der Waals surface area contributed by atoms with E-state index in [0.717, 1.165) is 16.7 Å². The fourth-order valence-corrected chi connectivity index (χ4v) is 9.25. The quantitative estimate of drug-likeness (QED) is 0.182. The van der Waals surface area contributed by atoms with Crippen molar-refractivity contribution in [2.45, 2.75) is 0 Å². The molecule has 0 aliphatic heterocycles. The summed E-state index contributed by atoms with van der Waals surface area (Å²) in [4.78, 5) is 15.3. The Balaban J connectivity index is 1.12. The molecule has 50 heavy (non-hydrogen) atoms. The van der Waals surface area contributed by atoms with Crippen LogP contribution < -0.4 is 0 Å². The Kier molecular flexibility index (Phi) is 6.86. The van der Waals surface area contributed by atoms with E-state index < -0.39 is 0 Å². The molecule has 234 valence electrons. The lowest BCUT2D eigenvalue weighted by molar-refractivity contribution is 1.08. The van der Waals surface area contributed by atoms with Gasteiger partial charge in [-0.3, -0.25) is 0 Å². The van der Waals surface area contributed by atoms with Gasteiger partial charge in [-0.15, -0.1) is 22.7 Å². The van der Waals surface area contributed by atoms with Crippen molar-refractivity contribution >= 4 is 63.0 Å². The molecule has 0 fully saturated rings. The van der Waals surface area contributed by atoms with Gasteiger partial charge in [0.2, 0.25) is 0 Å². The Morgan fingerprint density at radius 3 is 1.70 bits per heavy atom. The van der Waals surface area contributed by atoms with Crippen molar-refractivity contribution in [2.24, 2.45) is 0 Å². The average molecular weight is 674 g/mol. The highest BCUT2D eigenvalue weighted by atomic mass is 32.1. The summed E-state index contributed by atoms with van der Waals surface area (Å²) >= 11 is 3.61. The van der Waals surface area contributed by atoms with E-state index in [4.69, 9.17) is 15.0 Å². The molecule has 0 N–H and O–H groups in total. The second-order valence-corrected chi connectivity index (χ2v) is 14.6. The molecule has 0 radical (unpaired) electrons. The van der Waals surface area contributed by atoms with E-state index in [-0.39, 0.29) is 0 Å². The third-order valence-electron chi connectivity index (χ3n) is 9.36. The zero-order valence-electron chi connectivity index (χ0n) is 26.7. The number of thiophene rings is 2. The molecule has 10 rings (SSSR count). The van der Waals surface area contributed by atoms with Crippen LogP contribution in [-0.2, 0) is 0 Å². The van der Waals surface area contributed by atoms with Crippen molar-refractivity contribution < 1.29 is 0 Å². The van der Waals surface area contributed by atoms with Crippen LogP contribution in [0.4, 0.5) is 0 Å². The van der Waals surface area contributed by atoms with Crippen LogP contribution in [0.5, 0.6) is 0 Å². The summed E-state index contributed by atoms with van der Waals surface area (Å²) in [5, 5.41) is 4.91. The molecule has 0 spiro atoms. The molecule has 0 unspecified atom stereocenters. The van der Waals surface area contributed by atoms with Gasteiger partial charge in [0.1, 0.15) is 0 Å². The summed E-state index contributed by atoms with van der Waals surface area (Å²) in [5.41, 5.74) is 7.86. The van der Waals surface area contributed by atoms with Gasteiger partial charge in [-0.2, -0.15) is 0 Å². The molecule has 3 heterocycles. The summed E-state index contributed by atoms with van der Waals surface area (Å²) in [5.74, 6) is 2.02. The Bertz CT molecular complexity index is 2870. The normalized spacial score (nSPS) is 11.6. The Morgan fingerprint density at radius 1 is 0.300 bits per heavy atom. The van der Waals surface area contributed by atoms with E-state index in [1.807, 2.05) is 29.5 Å². The van der Waals surface area contributed by atoms with Gasteiger partial charge < -0.3 is 0 Å². The molecule has 7 aromatic carbocycles. The minimum absolute atomic E-state index is 0.667. The fourth-order valence-electron chi connectivity index (χ4n) is 6.99. The zero-order valence-corrected chi connectivity index (χ0v) is 28.4. The van der Waals surface area contributed by atoms with Crippen LogP contribution in [0.15, 0.2) is 164 Å². The number of hydrogen-bond donors (Lipinski definition) is 0. The molecular formula is C45H27N3S2. The maximum Gasteiger partial charge on any atom is 0.164 e. The topological polar surface area (TPSA) is 38.7 Å². The predicted octanol–water partition coefficient (Wildman–Crippen LogP) is 12.9. The smallest absolute Gasteiger partial charge is 0.164 e. The highest BCUT2D eigenvalue weighted by molar-refractivity contribution is 7.26. The van der Waals surface area contributed by atoms with Gasteiger partial charge in [-0.25, -0.2) is 15.0 Å². The summed E-state index contributed by atoms with van der Waals surface area (Å²) in [6.07, 6.45) is 0. The molecule has 0 aliphatic carbocycles. The van der Waals surface area contributed by atoms with E-state index in [1.54, 1.807) is 11.3 Å². The van der Waals surface area contributed by atoms with Gasteiger partial charge >= 0.3 is 0 Å². The van der Waals surface area contributed by atoms with Crippen molar-refractivity contribution in [3.8, 4) is 56.4 Å². The van der Waals surface area contributed by atoms with E-state index >= 15 is 0 Å². The summed E-state index contributed by atoms with van der Waals surface area (Å²) < 4.78 is 4.95. The van der Waals surface area contributed by atoms with Gasteiger partial charge in [-0.05, 0) is 52.6 Å². The van der Waals surface area contributed by atoms with Crippen LogP contribution in [0.1, 0.15) is 0 Å². The standard InChI is InChI=1S/C45H27N3S2/c1-3-12-28(13-4-1)32-16-7-8-17-33(32)30-23-25-39-37(26-30)34-24-22-31(27-41(34)50-39)44-46-43(29-14-5-2-6-15-29)47-45(48-44)36-19-11-21-40-42(36)35-18-9-10-20-38(35)49-40/h1-27H. The highest BCUT2D eigenvalue weighted by Gasteiger charge is 2.18. The number of fused-ring (bicyclic) bond motifs is 6. The highest BCUT2D eigenvalue weighted by Crippen LogP contribution is 2.42. The number of hydrogen-bond acceptors (Lipinski definition) is 5. The molecule has 3 aromatic heterocycles. The molecular weight excluding hydrogens is 647 g/mol. The molecule has 0 amide bonds. The van der Waals surface area contributed by atoms with Gasteiger partial charge in [0.15, 0.2) is 17.5 Å². The second-order valence-electron chi connectivity index (χ2n) is 12.4. The molecule has 0 saturated carbocycles. The van der Waals surface area contributed by atoms with E-state index in [0.29, 0.717) is 17.5 Å². The van der Waals surface area contributed by atoms with Crippen LogP contribution in [0.25, 0.3) is 96.8 Å². The first-order valence-corrected chi connectivity index (χ1v) is 18.2. The van der Waals surface area contributed by atoms with E-state index in [9.17, 15) is 0 Å². The zero-order chi connectivity index (χ0) is 33.0. The number of benzene rings is 7. The maximum atomic E-state index is 5.18. The van der Waals surface area contributed by atoms with Crippen molar-refractivity contribution in [3.63, 3.8) is 0 Å². The average Bonchev–Trinajstić information content (AvgIpc) is 3.76. The molecule has 10 aromatic rings. The molecule has 0 bridgehead atoms.